The van der Waals surface area contributed by atoms with E-state index in [0.29, 0.717) is 22.8 Å². The van der Waals surface area contributed by atoms with Crippen LogP contribution >= 0.6 is 23.1 Å². The van der Waals surface area contributed by atoms with Crippen LogP contribution < -0.4 is 14.8 Å². The number of anilines is 1. The SMILES string of the molecule is COc1ccc(NC(=O)CSc2nc3nccnc3s2)cc1OC. The van der Waals surface area contributed by atoms with Gasteiger partial charge < -0.3 is 14.8 Å². The first-order chi connectivity index (χ1) is 11.7. The average molecular weight is 362 g/mol. The largest absolute Gasteiger partial charge is 0.493 e. The number of ether oxygens (including phenoxy) is 2. The van der Waals surface area contributed by atoms with Crippen LogP contribution in [0.2, 0.25) is 0 Å². The van der Waals surface area contributed by atoms with Gasteiger partial charge in [0.25, 0.3) is 0 Å². The van der Waals surface area contributed by atoms with Crippen molar-refractivity contribution in [1.29, 1.82) is 0 Å². The highest BCUT2D eigenvalue weighted by molar-refractivity contribution is 8.01. The third kappa shape index (κ3) is 3.74. The number of fused-ring (bicyclic) bond motifs is 1. The van der Waals surface area contributed by atoms with Gasteiger partial charge in [0.2, 0.25) is 5.91 Å². The maximum absolute atomic E-state index is 12.1. The number of hydrogen-bond donors (Lipinski definition) is 1. The minimum Gasteiger partial charge on any atom is -0.493 e. The molecule has 0 aliphatic carbocycles. The maximum Gasteiger partial charge on any atom is 0.234 e. The zero-order chi connectivity index (χ0) is 16.9. The summed E-state index contributed by atoms with van der Waals surface area (Å²) in [4.78, 5) is 25.5. The standard InChI is InChI=1S/C15H14N4O3S2/c1-21-10-4-3-9(7-11(10)22-2)18-12(20)8-23-15-19-13-14(24-15)17-6-5-16-13/h3-7H,8H2,1-2H3,(H,18,20). The number of nitrogens with one attached hydrogen (secondary N) is 1. The molecule has 1 aromatic carbocycles. The van der Waals surface area contributed by atoms with Gasteiger partial charge in [-0.15, -0.1) is 0 Å². The fraction of sp³-hybridized carbons (Fsp3) is 0.200. The lowest BCUT2D eigenvalue weighted by atomic mass is 10.2. The summed E-state index contributed by atoms with van der Waals surface area (Å²) in [6, 6.07) is 5.22. The van der Waals surface area contributed by atoms with Crippen LogP contribution in [0.1, 0.15) is 0 Å². The molecule has 0 fully saturated rings. The molecule has 0 unspecified atom stereocenters. The zero-order valence-corrected chi connectivity index (χ0v) is 14.6. The van der Waals surface area contributed by atoms with Crippen LogP contribution in [0, 0.1) is 0 Å². The monoisotopic (exact) mass is 362 g/mol. The summed E-state index contributed by atoms with van der Waals surface area (Å²) in [6.07, 6.45) is 3.22. The van der Waals surface area contributed by atoms with Gasteiger partial charge in [-0.05, 0) is 12.1 Å². The van der Waals surface area contributed by atoms with Gasteiger partial charge in [0.05, 0.1) is 20.0 Å². The highest BCUT2D eigenvalue weighted by Gasteiger charge is 2.10. The van der Waals surface area contributed by atoms with Gasteiger partial charge in [0.15, 0.2) is 26.3 Å². The Morgan fingerprint density at radius 2 is 2.00 bits per heavy atom. The first kappa shape index (κ1) is 16.5. The molecule has 0 atom stereocenters. The summed E-state index contributed by atoms with van der Waals surface area (Å²) in [5.74, 6) is 1.28. The van der Waals surface area contributed by atoms with Crippen molar-refractivity contribution in [1.82, 2.24) is 15.0 Å². The molecule has 1 N–H and O–H groups in total. The number of carbonyl (C=O) groups excluding carboxylic acids is 1. The van der Waals surface area contributed by atoms with Crippen LogP contribution in [0.4, 0.5) is 5.69 Å². The van der Waals surface area contributed by atoms with Crippen molar-refractivity contribution >= 4 is 45.2 Å². The molecule has 24 heavy (non-hydrogen) atoms. The Kier molecular flexibility index (Phi) is 5.11. The Hall–Kier alpha value is -2.39. The van der Waals surface area contributed by atoms with Crippen molar-refractivity contribution in [3.8, 4) is 11.5 Å². The van der Waals surface area contributed by atoms with E-state index in [9.17, 15) is 4.79 Å². The second-order valence-electron chi connectivity index (χ2n) is 4.57. The Bertz CT molecular complexity index is 836. The van der Waals surface area contributed by atoms with E-state index in [2.05, 4.69) is 20.3 Å². The predicted molar refractivity (Wildman–Crippen MR) is 94.1 cm³/mol. The van der Waals surface area contributed by atoms with E-state index < -0.39 is 0 Å². The summed E-state index contributed by atoms with van der Waals surface area (Å²) in [5, 5.41) is 2.82. The van der Waals surface area contributed by atoms with Crippen LogP contribution in [0.5, 0.6) is 11.5 Å². The van der Waals surface area contributed by atoms with Gasteiger partial charge >= 0.3 is 0 Å². The Balaban J connectivity index is 1.61. The molecule has 2 heterocycles. The molecule has 3 rings (SSSR count). The minimum atomic E-state index is -0.132. The van der Waals surface area contributed by atoms with Crippen LogP contribution in [0.15, 0.2) is 34.9 Å². The number of thioether (sulfide) groups is 1. The molecule has 0 saturated heterocycles. The molecule has 1 amide bonds. The Labute approximate surface area is 146 Å². The lowest BCUT2D eigenvalue weighted by Gasteiger charge is -2.10. The average Bonchev–Trinajstić information content (AvgIpc) is 3.03. The fourth-order valence-electron chi connectivity index (χ4n) is 1.96. The van der Waals surface area contributed by atoms with Crippen molar-refractivity contribution in [3.05, 3.63) is 30.6 Å². The third-order valence-corrected chi connectivity index (χ3v) is 5.12. The van der Waals surface area contributed by atoms with Crippen molar-refractivity contribution in [2.45, 2.75) is 4.34 Å². The van der Waals surface area contributed by atoms with Gasteiger partial charge in [0, 0.05) is 24.1 Å². The second kappa shape index (κ2) is 7.45. The van der Waals surface area contributed by atoms with Gasteiger partial charge in [-0.25, -0.2) is 15.0 Å². The molecular weight excluding hydrogens is 348 g/mol. The smallest absolute Gasteiger partial charge is 0.234 e. The lowest BCUT2D eigenvalue weighted by Crippen LogP contribution is -2.14. The predicted octanol–water partition coefficient (Wildman–Crippen LogP) is 2.83. The number of thiazole rings is 1. The van der Waals surface area contributed by atoms with Gasteiger partial charge in [-0.3, -0.25) is 4.79 Å². The quantitative estimate of drug-likeness (QED) is 0.675. The van der Waals surface area contributed by atoms with Crippen LogP contribution in [0.25, 0.3) is 10.5 Å². The summed E-state index contributed by atoms with van der Waals surface area (Å²) in [7, 11) is 3.11. The van der Waals surface area contributed by atoms with E-state index in [1.165, 1.54) is 23.1 Å². The molecule has 0 radical (unpaired) electrons. The van der Waals surface area contributed by atoms with Crippen molar-refractivity contribution in [2.24, 2.45) is 0 Å². The molecule has 2 aromatic heterocycles. The van der Waals surface area contributed by atoms with E-state index in [0.717, 1.165) is 9.17 Å². The minimum absolute atomic E-state index is 0.132. The highest BCUT2D eigenvalue weighted by Crippen LogP contribution is 2.30. The molecule has 124 valence electrons. The van der Waals surface area contributed by atoms with Gasteiger partial charge in [-0.2, -0.15) is 0 Å². The highest BCUT2D eigenvalue weighted by atomic mass is 32.2. The summed E-state index contributed by atoms with van der Waals surface area (Å²) >= 11 is 2.77. The van der Waals surface area contributed by atoms with E-state index >= 15 is 0 Å². The molecule has 3 aromatic rings. The Morgan fingerprint density at radius 3 is 2.75 bits per heavy atom. The molecule has 0 spiro atoms. The first-order valence-electron chi connectivity index (χ1n) is 6.92. The number of aromatic nitrogens is 3. The molecule has 0 bridgehead atoms. The van der Waals surface area contributed by atoms with Crippen molar-refractivity contribution in [2.75, 3.05) is 25.3 Å². The first-order valence-corrected chi connectivity index (χ1v) is 8.72. The molecule has 0 aliphatic heterocycles. The number of methoxy groups -OCH3 is 2. The molecular formula is C15H14N4O3S2. The second-order valence-corrected chi connectivity index (χ2v) is 6.77. The van der Waals surface area contributed by atoms with Crippen LogP contribution in [-0.4, -0.2) is 40.8 Å². The lowest BCUT2D eigenvalue weighted by molar-refractivity contribution is -0.113. The maximum atomic E-state index is 12.1. The number of nitrogens with zero attached hydrogens (tertiary/aromatic N) is 3. The summed E-state index contributed by atoms with van der Waals surface area (Å²) in [6.45, 7) is 0. The number of benzene rings is 1. The number of carbonyl (C=O) groups is 1. The van der Waals surface area contributed by atoms with Crippen molar-refractivity contribution in [3.63, 3.8) is 0 Å². The molecule has 0 aliphatic rings. The van der Waals surface area contributed by atoms with Gasteiger partial charge in [0.1, 0.15) is 0 Å². The molecule has 9 heteroatoms. The number of hydrogen-bond acceptors (Lipinski definition) is 8. The zero-order valence-electron chi connectivity index (χ0n) is 13.0. The van der Waals surface area contributed by atoms with E-state index in [-0.39, 0.29) is 11.7 Å². The van der Waals surface area contributed by atoms with Crippen molar-refractivity contribution < 1.29 is 14.3 Å². The Morgan fingerprint density at radius 1 is 1.21 bits per heavy atom. The summed E-state index contributed by atoms with van der Waals surface area (Å²) < 4.78 is 11.2. The van der Waals surface area contributed by atoms with E-state index in [4.69, 9.17) is 9.47 Å². The molecule has 0 saturated carbocycles. The summed E-state index contributed by atoms with van der Waals surface area (Å²) in [5.41, 5.74) is 1.25. The van der Waals surface area contributed by atoms with Crippen LogP contribution in [0.3, 0.4) is 0 Å². The van der Waals surface area contributed by atoms with Gasteiger partial charge in [-0.1, -0.05) is 23.1 Å². The third-order valence-electron chi connectivity index (χ3n) is 3.02. The van der Waals surface area contributed by atoms with E-state index in [1.54, 1.807) is 44.8 Å². The van der Waals surface area contributed by atoms with E-state index in [1.807, 2.05) is 0 Å². The normalized spacial score (nSPS) is 10.6. The number of amides is 1. The fourth-order valence-corrected chi connectivity index (χ4v) is 3.69. The van der Waals surface area contributed by atoms with Crippen LogP contribution in [-0.2, 0) is 4.79 Å². The topological polar surface area (TPSA) is 86.2 Å². The molecule has 7 nitrogen and oxygen atoms in total. The number of rotatable bonds is 6.